The molecule has 2 aromatic carbocycles. The lowest BCUT2D eigenvalue weighted by Crippen LogP contribution is -1.93. The zero-order chi connectivity index (χ0) is 14.1. The van der Waals surface area contributed by atoms with Crippen LogP contribution in [0.1, 0.15) is 5.56 Å². The van der Waals surface area contributed by atoms with Crippen molar-refractivity contribution in [3.8, 4) is 23.0 Å². The van der Waals surface area contributed by atoms with Crippen LogP contribution in [-0.2, 0) is 0 Å². The quantitative estimate of drug-likeness (QED) is 0.633. The van der Waals surface area contributed by atoms with Crippen molar-refractivity contribution >= 4 is 5.69 Å². The predicted molar refractivity (Wildman–Crippen MR) is 70.5 cm³/mol. The number of nitro benzene ring substituents is 1. The first-order valence-electron chi connectivity index (χ1n) is 5.96. The number of nitrogens with zero attached hydrogens (tertiary/aromatic N) is 1. The Hall–Kier alpha value is -2.76. The summed E-state index contributed by atoms with van der Waals surface area (Å²) in [6, 6.07) is 9.71. The van der Waals surface area contributed by atoms with Gasteiger partial charge in [-0.05, 0) is 30.7 Å². The summed E-state index contributed by atoms with van der Waals surface area (Å²) in [4.78, 5) is 10.3. The average molecular weight is 273 g/mol. The minimum Gasteiger partial charge on any atom is -0.457 e. The monoisotopic (exact) mass is 273 g/mol. The van der Waals surface area contributed by atoms with Gasteiger partial charge in [-0.1, -0.05) is 0 Å². The lowest BCUT2D eigenvalue weighted by Gasteiger charge is -2.09. The maximum absolute atomic E-state index is 10.7. The summed E-state index contributed by atoms with van der Waals surface area (Å²) < 4.78 is 16.2. The van der Waals surface area contributed by atoms with Crippen molar-refractivity contribution in [1.82, 2.24) is 0 Å². The van der Waals surface area contributed by atoms with E-state index in [0.717, 1.165) is 0 Å². The molecule has 0 spiro atoms. The van der Waals surface area contributed by atoms with Gasteiger partial charge in [0.05, 0.1) is 4.92 Å². The SMILES string of the molecule is Cc1cc([N+](=O)[O-])ccc1Oc1ccc2c(c1)OCO2. The Morgan fingerprint density at radius 3 is 2.70 bits per heavy atom. The molecule has 1 heterocycles. The maximum atomic E-state index is 10.7. The summed E-state index contributed by atoms with van der Waals surface area (Å²) in [6.45, 7) is 1.96. The van der Waals surface area contributed by atoms with E-state index in [1.54, 1.807) is 31.2 Å². The fraction of sp³-hybridized carbons (Fsp3) is 0.143. The second-order valence-corrected chi connectivity index (χ2v) is 4.32. The van der Waals surface area contributed by atoms with Crippen LogP contribution in [0.15, 0.2) is 36.4 Å². The smallest absolute Gasteiger partial charge is 0.269 e. The van der Waals surface area contributed by atoms with E-state index in [1.807, 2.05) is 0 Å². The number of fused-ring (bicyclic) bond motifs is 1. The van der Waals surface area contributed by atoms with Crippen LogP contribution in [0.2, 0.25) is 0 Å². The molecule has 0 unspecified atom stereocenters. The summed E-state index contributed by atoms with van der Waals surface area (Å²) in [5.74, 6) is 2.46. The summed E-state index contributed by atoms with van der Waals surface area (Å²) in [5, 5.41) is 10.7. The summed E-state index contributed by atoms with van der Waals surface area (Å²) >= 11 is 0. The van der Waals surface area contributed by atoms with Gasteiger partial charge in [-0.15, -0.1) is 0 Å². The molecule has 1 aliphatic heterocycles. The molecule has 0 aliphatic carbocycles. The third-order valence-electron chi connectivity index (χ3n) is 2.94. The van der Waals surface area contributed by atoms with Crippen LogP contribution in [0.25, 0.3) is 0 Å². The maximum Gasteiger partial charge on any atom is 0.269 e. The van der Waals surface area contributed by atoms with Crippen LogP contribution in [-0.4, -0.2) is 11.7 Å². The van der Waals surface area contributed by atoms with Gasteiger partial charge in [0, 0.05) is 18.2 Å². The van der Waals surface area contributed by atoms with Crippen LogP contribution in [0, 0.1) is 17.0 Å². The van der Waals surface area contributed by atoms with E-state index in [1.165, 1.54) is 12.1 Å². The van der Waals surface area contributed by atoms with Gasteiger partial charge in [0.1, 0.15) is 11.5 Å². The van der Waals surface area contributed by atoms with Crippen molar-refractivity contribution in [3.05, 3.63) is 52.1 Å². The molecule has 0 saturated carbocycles. The Morgan fingerprint density at radius 2 is 1.95 bits per heavy atom. The van der Waals surface area contributed by atoms with E-state index in [4.69, 9.17) is 14.2 Å². The summed E-state index contributed by atoms with van der Waals surface area (Å²) in [6.07, 6.45) is 0. The van der Waals surface area contributed by atoms with E-state index < -0.39 is 4.92 Å². The van der Waals surface area contributed by atoms with Crippen molar-refractivity contribution in [3.63, 3.8) is 0 Å². The molecule has 6 nitrogen and oxygen atoms in total. The van der Waals surface area contributed by atoms with Gasteiger partial charge in [0.25, 0.3) is 5.69 Å². The predicted octanol–water partition coefficient (Wildman–Crippen LogP) is 3.42. The summed E-state index contributed by atoms with van der Waals surface area (Å²) in [5.41, 5.74) is 0.734. The molecule has 0 atom stereocenters. The van der Waals surface area contributed by atoms with Gasteiger partial charge in [-0.25, -0.2) is 0 Å². The highest BCUT2D eigenvalue weighted by Crippen LogP contribution is 2.37. The number of non-ortho nitro benzene ring substituents is 1. The Labute approximate surface area is 114 Å². The molecule has 0 aromatic heterocycles. The number of ether oxygens (including phenoxy) is 3. The van der Waals surface area contributed by atoms with Crippen LogP contribution in [0.5, 0.6) is 23.0 Å². The Bertz CT molecular complexity index is 683. The average Bonchev–Trinajstić information content (AvgIpc) is 2.88. The first-order chi connectivity index (χ1) is 9.63. The zero-order valence-corrected chi connectivity index (χ0v) is 10.7. The molecule has 0 radical (unpaired) electrons. The Kier molecular flexibility index (Phi) is 2.90. The lowest BCUT2D eigenvalue weighted by atomic mass is 10.2. The molecule has 0 amide bonds. The van der Waals surface area contributed by atoms with E-state index in [9.17, 15) is 10.1 Å². The largest absolute Gasteiger partial charge is 0.457 e. The van der Waals surface area contributed by atoms with Crippen molar-refractivity contribution in [2.75, 3.05) is 6.79 Å². The highest BCUT2D eigenvalue weighted by molar-refractivity contribution is 5.50. The first-order valence-corrected chi connectivity index (χ1v) is 5.96. The molecule has 1 aliphatic rings. The fourth-order valence-electron chi connectivity index (χ4n) is 1.93. The minimum absolute atomic E-state index is 0.0422. The minimum atomic E-state index is -0.433. The second kappa shape index (κ2) is 4.73. The Balaban J connectivity index is 1.86. The number of benzene rings is 2. The first kappa shape index (κ1) is 12.3. The molecule has 20 heavy (non-hydrogen) atoms. The Morgan fingerprint density at radius 1 is 1.15 bits per heavy atom. The number of nitro groups is 1. The third kappa shape index (κ3) is 2.23. The van der Waals surface area contributed by atoms with Crippen LogP contribution in [0.3, 0.4) is 0 Å². The van der Waals surface area contributed by atoms with E-state index >= 15 is 0 Å². The van der Waals surface area contributed by atoms with Crippen LogP contribution in [0.4, 0.5) is 5.69 Å². The molecule has 0 bridgehead atoms. The van der Waals surface area contributed by atoms with Gasteiger partial charge in [0.15, 0.2) is 11.5 Å². The number of hydrogen-bond donors (Lipinski definition) is 0. The number of aryl methyl sites for hydroxylation is 1. The van der Waals surface area contributed by atoms with Gasteiger partial charge in [-0.2, -0.15) is 0 Å². The fourth-order valence-corrected chi connectivity index (χ4v) is 1.93. The van der Waals surface area contributed by atoms with Crippen LogP contribution < -0.4 is 14.2 Å². The van der Waals surface area contributed by atoms with E-state index in [2.05, 4.69) is 0 Å². The molecule has 3 rings (SSSR count). The molecule has 102 valence electrons. The number of hydrogen-bond acceptors (Lipinski definition) is 5. The van der Waals surface area contributed by atoms with Crippen molar-refractivity contribution in [2.24, 2.45) is 0 Å². The van der Waals surface area contributed by atoms with Crippen molar-refractivity contribution in [2.45, 2.75) is 6.92 Å². The molecule has 6 heteroatoms. The van der Waals surface area contributed by atoms with Gasteiger partial charge in [-0.3, -0.25) is 10.1 Å². The standard InChI is InChI=1S/C14H11NO5/c1-9-6-10(15(16)17)2-4-12(9)20-11-3-5-13-14(7-11)19-8-18-13/h2-7H,8H2,1H3. The lowest BCUT2D eigenvalue weighted by molar-refractivity contribution is -0.384. The van der Waals surface area contributed by atoms with Gasteiger partial charge in [0.2, 0.25) is 6.79 Å². The molecular formula is C14H11NO5. The van der Waals surface area contributed by atoms with E-state index in [-0.39, 0.29) is 12.5 Å². The van der Waals surface area contributed by atoms with Gasteiger partial charge < -0.3 is 14.2 Å². The molecule has 2 aromatic rings. The molecule has 0 fully saturated rings. The summed E-state index contributed by atoms with van der Waals surface area (Å²) in [7, 11) is 0. The third-order valence-corrected chi connectivity index (χ3v) is 2.94. The normalized spacial score (nSPS) is 12.2. The van der Waals surface area contributed by atoms with Crippen molar-refractivity contribution < 1.29 is 19.1 Å². The highest BCUT2D eigenvalue weighted by atomic mass is 16.7. The number of rotatable bonds is 3. The molecular weight excluding hydrogens is 262 g/mol. The van der Waals surface area contributed by atoms with Gasteiger partial charge >= 0.3 is 0 Å². The van der Waals surface area contributed by atoms with E-state index in [0.29, 0.717) is 28.6 Å². The van der Waals surface area contributed by atoms with Crippen LogP contribution >= 0.6 is 0 Å². The zero-order valence-electron chi connectivity index (χ0n) is 10.7. The molecule has 0 saturated heterocycles. The topological polar surface area (TPSA) is 70.8 Å². The van der Waals surface area contributed by atoms with Crippen molar-refractivity contribution in [1.29, 1.82) is 0 Å². The molecule has 0 N–H and O–H groups in total. The second-order valence-electron chi connectivity index (χ2n) is 4.32. The highest BCUT2D eigenvalue weighted by Gasteiger charge is 2.15.